The van der Waals surface area contributed by atoms with Crippen molar-refractivity contribution in [1.29, 1.82) is 0 Å². The first-order valence-corrected chi connectivity index (χ1v) is 6.23. The van der Waals surface area contributed by atoms with E-state index in [1.807, 2.05) is 0 Å². The fourth-order valence-electron chi connectivity index (χ4n) is 2.33. The van der Waals surface area contributed by atoms with E-state index in [-0.39, 0.29) is 11.5 Å². The Labute approximate surface area is 106 Å². The summed E-state index contributed by atoms with van der Waals surface area (Å²) in [5.74, 6) is -0.475. The van der Waals surface area contributed by atoms with Crippen molar-refractivity contribution in [3.8, 4) is 0 Å². The average Bonchev–Trinajstić information content (AvgIpc) is 2.37. The van der Waals surface area contributed by atoms with Gasteiger partial charge >= 0.3 is 0 Å². The number of carbonyl (C=O) groups excluding carboxylic acids is 1. The van der Waals surface area contributed by atoms with Crippen molar-refractivity contribution < 1.29 is 9.18 Å². The highest BCUT2D eigenvalue weighted by atomic mass is 19.1. The normalized spacial score (nSPS) is 20.7. The summed E-state index contributed by atoms with van der Waals surface area (Å²) in [7, 11) is 2.08. The Morgan fingerprint density at radius 1 is 1.67 bits per heavy atom. The Kier molecular flexibility index (Phi) is 4.25. The maximum atomic E-state index is 13.3. The van der Waals surface area contributed by atoms with Crippen LogP contribution in [0.3, 0.4) is 0 Å². The lowest BCUT2D eigenvalue weighted by Gasteiger charge is -2.29. The maximum absolute atomic E-state index is 13.3. The van der Waals surface area contributed by atoms with Crippen LogP contribution in [0.1, 0.15) is 23.2 Å². The van der Waals surface area contributed by atoms with Crippen molar-refractivity contribution in [1.82, 2.24) is 15.2 Å². The van der Waals surface area contributed by atoms with Crippen LogP contribution in [0.4, 0.5) is 4.39 Å². The number of hydrogen-bond acceptors (Lipinski definition) is 3. The van der Waals surface area contributed by atoms with Crippen molar-refractivity contribution >= 4 is 5.91 Å². The minimum atomic E-state index is -0.573. The van der Waals surface area contributed by atoms with Gasteiger partial charge in [-0.3, -0.25) is 9.78 Å². The second-order valence-corrected chi connectivity index (χ2v) is 4.84. The number of aromatic nitrogens is 1. The van der Waals surface area contributed by atoms with Gasteiger partial charge in [0.1, 0.15) is 0 Å². The van der Waals surface area contributed by atoms with E-state index in [0.29, 0.717) is 12.5 Å². The van der Waals surface area contributed by atoms with Gasteiger partial charge in [-0.1, -0.05) is 0 Å². The smallest absolute Gasteiger partial charge is 0.254 e. The highest BCUT2D eigenvalue weighted by Gasteiger charge is 2.18. The molecule has 4 nitrogen and oxygen atoms in total. The van der Waals surface area contributed by atoms with Crippen LogP contribution >= 0.6 is 0 Å². The first kappa shape index (κ1) is 13.0. The molecule has 1 atom stereocenters. The van der Waals surface area contributed by atoms with Crippen LogP contribution in [0.25, 0.3) is 0 Å². The molecule has 0 aliphatic carbocycles. The third-order valence-electron chi connectivity index (χ3n) is 3.29. The molecule has 1 unspecified atom stereocenters. The first-order valence-electron chi connectivity index (χ1n) is 6.23. The van der Waals surface area contributed by atoms with Gasteiger partial charge in [0.15, 0.2) is 5.82 Å². The number of rotatable bonds is 3. The third kappa shape index (κ3) is 3.26. The second-order valence-electron chi connectivity index (χ2n) is 4.84. The summed E-state index contributed by atoms with van der Waals surface area (Å²) in [6.45, 7) is 2.70. The Morgan fingerprint density at radius 3 is 3.22 bits per heavy atom. The van der Waals surface area contributed by atoms with Gasteiger partial charge in [0.25, 0.3) is 5.91 Å². The summed E-state index contributed by atoms with van der Waals surface area (Å²) in [4.78, 5) is 17.7. The number of amides is 1. The molecule has 0 saturated carbocycles. The van der Waals surface area contributed by atoms with E-state index in [2.05, 4.69) is 22.2 Å². The zero-order valence-corrected chi connectivity index (χ0v) is 10.5. The molecule has 1 aromatic heterocycles. The van der Waals surface area contributed by atoms with Crippen LogP contribution in [0.2, 0.25) is 0 Å². The van der Waals surface area contributed by atoms with Crippen LogP contribution in [0.15, 0.2) is 18.5 Å². The van der Waals surface area contributed by atoms with Gasteiger partial charge in [0, 0.05) is 19.3 Å². The molecule has 98 valence electrons. The lowest BCUT2D eigenvalue weighted by molar-refractivity contribution is 0.0932. The van der Waals surface area contributed by atoms with Gasteiger partial charge in [0.05, 0.1) is 11.8 Å². The lowest BCUT2D eigenvalue weighted by Crippen LogP contribution is -2.39. The molecule has 1 saturated heterocycles. The molecule has 2 heterocycles. The first-order chi connectivity index (χ1) is 8.66. The molecule has 5 heteroatoms. The van der Waals surface area contributed by atoms with Gasteiger partial charge < -0.3 is 10.2 Å². The summed E-state index contributed by atoms with van der Waals surface area (Å²) < 4.78 is 13.3. The minimum absolute atomic E-state index is 0.0640. The minimum Gasteiger partial charge on any atom is -0.352 e. The summed E-state index contributed by atoms with van der Waals surface area (Å²) in [5, 5.41) is 2.80. The second kappa shape index (κ2) is 5.91. The monoisotopic (exact) mass is 251 g/mol. The number of halogens is 1. The predicted octanol–water partition coefficient (Wildman–Crippen LogP) is 1.29. The molecule has 1 aliphatic heterocycles. The number of piperidine rings is 1. The molecule has 0 spiro atoms. The number of nitrogens with one attached hydrogen (secondary N) is 1. The molecule has 0 aromatic carbocycles. The van der Waals surface area contributed by atoms with Crippen molar-refractivity contribution in [2.24, 2.45) is 5.92 Å². The van der Waals surface area contributed by atoms with Crippen LogP contribution < -0.4 is 5.32 Å². The lowest BCUT2D eigenvalue weighted by atomic mass is 9.98. The van der Waals surface area contributed by atoms with Crippen LogP contribution in [-0.4, -0.2) is 42.5 Å². The van der Waals surface area contributed by atoms with Gasteiger partial charge in [-0.05, 0) is 38.4 Å². The largest absolute Gasteiger partial charge is 0.352 e. The highest BCUT2D eigenvalue weighted by molar-refractivity contribution is 5.94. The van der Waals surface area contributed by atoms with E-state index in [0.717, 1.165) is 32.1 Å². The van der Waals surface area contributed by atoms with E-state index in [4.69, 9.17) is 0 Å². The van der Waals surface area contributed by atoms with E-state index < -0.39 is 5.82 Å². The number of hydrogen-bond donors (Lipinski definition) is 1. The van der Waals surface area contributed by atoms with Crippen molar-refractivity contribution in [2.45, 2.75) is 12.8 Å². The standard InChI is InChI=1S/C13H18FN3O/c1-17-6-2-3-10(9-17)7-16-13(18)11-4-5-15-8-12(11)14/h4-5,8,10H,2-3,6-7,9H2,1H3,(H,16,18). The number of likely N-dealkylation sites (tertiary alicyclic amines) is 1. The van der Waals surface area contributed by atoms with E-state index >= 15 is 0 Å². The van der Waals surface area contributed by atoms with E-state index in [9.17, 15) is 9.18 Å². The molecule has 0 bridgehead atoms. The van der Waals surface area contributed by atoms with Gasteiger partial charge in [-0.2, -0.15) is 0 Å². The van der Waals surface area contributed by atoms with Gasteiger partial charge in [-0.25, -0.2) is 4.39 Å². The zero-order chi connectivity index (χ0) is 13.0. The number of carbonyl (C=O) groups is 1. The fourth-order valence-corrected chi connectivity index (χ4v) is 2.33. The van der Waals surface area contributed by atoms with Crippen LogP contribution in [0.5, 0.6) is 0 Å². The molecule has 1 aromatic rings. The number of nitrogens with zero attached hydrogens (tertiary/aromatic N) is 2. The predicted molar refractivity (Wildman–Crippen MR) is 66.7 cm³/mol. The van der Waals surface area contributed by atoms with Crippen molar-refractivity contribution in [3.63, 3.8) is 0 Å². The SMILES string of the molecule is CN1CCCC(CNC(=O)c2ccncc2F)C1. The van der Waals surface area contributed by atoms with E-state index in [1.165, 1.54) is 12.3 Å². The zero-order valence-electron chi connectivity index (χ0n) is 10.5. The maximum Gasteiger partial charge on any atom is 0.254 e. The van der Waals surface area contributed by atoms with Crippen molar-refractivity contribution in [2.75, 3.05) is 26.7 Å². The summed E-state index contributed by atoms with van der Waals surface area (Å²) in [6, 6.07) is 1.40. The summed E-state index contributed by atoms with van der Waals surface area (Å²) in [5.41, 5.74) is 0.0640. The highest BCUT2D eigenvalue weighted by Crippen LogP contribution is 2.14. The quantitative estimate of drug-likeness (QED) is 0.880. The van der Waals surface area contributed by atoms with Gasteiger partial charge in [0.2, 0.25) is 0 Å². The summed E-state index contributed by atoms with van der Waals surface area (Å²) >= 11 is 0. The molecule has 1 fully saturated rings. The molecule has 18 heavy (non-hydrogen) atoms. The van der Waals surface area contributed by atoms with Crippen molar-refractivity contribution in [3.05, 3.63) is 29.8 Å². The fraction of sp³-hybridized carbons (Fsp3) is 0.538. The topological polar surface area (TPSA) is 45.2 Å². The van der Waals surface area contributed by atoms with Crippen LogP contribution in [0, 0.1) is 11.7 Å². The Balaban J connectivity index is 1.87. The molecular formula is C13H18FN3O. The number of pyridine rings is 1. The molecule has 1 N–H and O–H groups in total. The summed E-state index contributed by atoms with van der Waals surface area (Å²) in [6.07, 6.45) is 4.75. The molecule has 1 amide bonds. The van der Waals surface area contributed by atoms with Gasteiger partial charge in [-0.15, -0.1) is 0 Å². The molecular weight excluding hydrogens is 233 g/mol. The Hall–Kier alpha value is -1.49. The molecule has 2 rings (SSSR count). The average molecular weight is 251 g/mol. The van der Waals surface area contributed by atoms with E-state index in [1.54, 1.807) is 0 Å². The molecule has 0 radical (unpaired) electrons. The Bertz CT molecular complexity index is 424. The molecule has 1 aliphatic rings. The van der Waals surface area contributed by atoms with Crippen LogP contribution in [-0.2, 0) is 0 Å². The third-order valence-corrected chi connectivity index (χ3v) is 3.29. The Morgan fingerprint density at radius 2 is 2.50 bits per heavy atom.